The van der Waals surface area contributed by atoms with Crippen molar-refractivity contribution in [1.82, 2.24) is 0 Å². The lowest BCUT2D eigenvalue weighted by molar-refractivity contribution is 0.180. The molecular weight excluding hydrogens is 346 g/mol. The largest absolute Gasteiger partial charge is 0.507 e. The van der Waals surface area contributed by atoms with Crippen molar-refractivity contribution in [2.75, 3.05) is 14.2 Å². The van der Waals surface area contributed by atoms with Crippen molar-refractivity contribution in [3.63, 3.8) is 0 Å². The SMILES string of the molecule is CCCc1cc(Cc2cc(COC)c(N=O)c(COC)c2)cc(CO)c1O. The van der Waals surface area contributed by atoms with Crippen molar-refractivity contribution in [2.45, 2.75) is 46.0 Å². The molecule has 0 aromatic heterocycles. The first-order valence-corrected chi connectivity index (χ1v) is 8.98. The average Bonchev–Trinajstić information content (AvgIpc) is 2.65. The molecule has 0 aliphatic rings. The lowest BCUT2D eigenvalue weighted by Crippen LogP contribution is -2.01. The van der Waals surface area contributed by atoms with Gasteiger partial charge in [0.1, 0.15) is 11.4 Å². The highest BCUT2D eigenvalue weighted by Gasteiger charge is 2.14. The van der Waals surface area contributed by atoms with Gasteiger partial charge in [0.15, 0.2) is 0 Å². The van der Waals surface area contributed by atoms with Crippen LogP contribution in [0, 0.1) is 4.91 Å². The van der Waals surface area contributed by atoms with Crippen molar-refractivity contribution in [3.05, 3.63) is 62.6 Å². The normalized spacial score (nSPS) is 11.0. The number of nitroso groups, excluding NO2 is 1. The van der Waals surface area contributed by atoms with Crippen LogP contribution in [0.1, 0.15) is 46.7 Å². The van der Waals surface area contributed by atoms with E-state index in [-0.39, 0.29) is 25.6 Å². The minimum Gasteiger partial charge on any atom is -0.507 e. The zero-order valence-electron chi connectivity index (χ0n) is 16.1. The summed E-state index contributed by atoms with van der Waals surface area (Å²) in [6.07, 6.45) is 2.23. The number of hydrogen-bond acceptors (Lipinski definition) is 6. The van der Waals surface area contributed by atoms with Gasteiger partial charge in [-0.05, 0) is 40.8 Å². The molecule has 2 N–H and O–H groups in total. The average molecular weight is 373 g/mol. The molecule has 0 spiro atoms. The van der Waals surface area contributed by atoms with E-state index in [4.69, 9.17) is 9.47 Å². The Bertz CT molecular complexity index is 761. The third-order valence-electron chi connectivity index (χ3n) is 4.44. The first-order chi connectivity index (χ1) is 13.1. The summed E-state index contributed by atoms with van der Waals surface area (Å²) in [5.41, 5.74) is 5.11. The third kappa shape index (κ3) is 5.13. The smallest absolute Gasteiger partial charge is 0.124 e. The summed E-state index contributed by atoms with van der Waals surface area (Å²) in [5.74, 6) is 0.170. The van der Waals surface area contributed by atoms with E-state index >= 15 is 0 Å². The molecule has 0 radical (unpaired) electrons. The van der Waals surface area contributed by atoms with E-state index in [1.165, 1.54) is 0 Å². The number of nitrogens with zero attached hydrogens (tertiary/aromatic N) is 1. The molecule has 2 aromatic rings. The molecule has 0 unspecified atom stereocenters. The lowest BCUT2D eigenvalue weighted by atomic mass is 9.94. The molecule has 6 heteroatoms. The fraction of sp³-hybridized carbons (Fsp3) is 0.429. The van der Waals surface area contributed by atoms with Gasteiger partial charge >= 0.3 is 0 Å². The number of phenols is 1. The molecule has 0 fully saturated rings. The van der Waals surface area contributed by atoms with Gasteiger partial charge in [0, 0.05) is 30.9 Å². The van der Waals surface area contributed by atoms with Crippen molar-refractivity contribution in [3.8, 4) is 5.75 Å². The first-order valence-electron chi connectivity index (χ1n) is 8.98. The highest BCUT2D eigenvalue weighted by atomic mass is 16.5. The van der Waals surface area contributed by atoms with Gasteiger partial charge in [-0.15, -0.1) is 4.91 Å². The van der Waals surface area contributed by atoms with Gasteiger partial charge < -0.3 is 19.7 Å². The minimum atomic E-state index is -0.214. The van der Waals surface area contributed by atoms with Crippen LogP contribution in [-0.4, -0.2) is 24.4 Å². The van der Waals surface area contributed by atoms with Crippen LogP contribution in [0.5, 0.6) is 5.75 Å². The second-order valence-corrected chi connectivity index (χ2v) is 6.57. The fourth-order valence-corrected chi connectivity index (χ4v) is 3.33. The van der Waals surface area contributed by atoms with Crippen LogP contribution in [0.4, 0.5) is 5.69 Å². The standard InChI is InChI=1S/C21H27NO5/c1-4-5-16-7-14(8-17(11-23)21(16)24)6-15-9-18(12-26-2)20(22-25)19(10-15)13-27-3/h7-10,23-24H,4-6,11-13H2,1-3H3. The topological polar surface area (TPSA) is 88.4 Å². The number of hydrogen-bond donors (Lipinski definition) is 2. The maximum atomic E-state index is 11.3. The van der Waals surface area contributed by atoms with Gasteiger partial charge in [-0.2, -0.15) is 0 Å². The van der Waals surface area contributed by atoms with Gasteiger partial charge in [0.2, 0.25) is 0 Å². The van der Waals surface area contributed by atoms with E-state index in [0.717, 1.165) is 29.5 Å². The molecule has 27 heavy (non-hydrogen) atoms. The Morgan fingerprint density at radius 1 is 0.926 bits per heavy atom. The monoisotopic (exact) mass is 373 g/mol. The highest BCUT2D eigenvalue weighted by Crippen LogP contribution is 2.31. The van der Waals surface area contributed by atoms with Crippen LogP contribution in [0.15, 0.2) is 29.4 Å². The van der Waals surface area contributed by atoms with Gasteiger partial charge in [-0.25, -0.2) is 0 Å². The Morgan fingerprint density at radius 2 is 1.44 bits per heavy atom. The Kier molecular flexibility index (Phi) is 7.91. The molecule has 0 bridgehead atoms. The molecule has 0 aliphatic carbocycles. The summed E-state index contributed by atoms with van der Waals surface area (Å²) in [7, 11) is 3.14. The summed E-state index contributed by atoms with van der Waals surface area (Å²) in [6.45, 7) is 2.40. The van der Waals surface area contributed by atoms with Crippen LogP contribution in [0.3, 0.4) is 0 Å². The van der Waals surface area contributed by atoms with E-state index in [0.29, 0.717) is 28.8 Å². The molecule has 0 atom stereocenters. The van der Waals surface area contributed by atoms with Crippen molar-refractivity contribution < 1.29 is 19.7 Å². The molecule has 0 saturated heterocycles. The number of aryl methyl sites for hydroxylation is 1. The molecular formula is C21H27NO5. The van der Waals surface area contributed by atoms with Crippen LogP contribution in [0.2, 0.25) is 0 Å². The van der Waals surface area contributed by atoms with Crippen LogP contribution >= 0.6 is 0 Å². The summed E-state index contributed by atoms with van der Waals surface area (Å²) in [4.78, 5) is 11.3. The maximum Gasteiger partial charge on any atom is 0.124 e. The Labute approximate surface area is 159 Å². The molecule has 2 aromatic carbocycles. The number of aliphatic hydroxyl groups is 1. The van der Waals surface area contributed by atoms with Crippen molar-refractivity contribution >= 4 is 5.69 Å². The zero-order valence-corrected chi connectivity index (χ0v) is 16.1. The first kappa shape index (κ1) is 21.0. The molecule has 6 nitrogen and oxygen atoms in total. The summed E-state index contributed by atoms with van der Waals surface area (Å²) < 4.78 is 10.4. The molecule has 0 aliphatic heterocycles. The predicted octanol–water partition coefficient (Wildman–Crippen LogP) is 4.12. The maximum absolute atomic E-state index is 11.3. The van der Waals surface area contributed by atoms with Gasteiger partial charge in [-0.3, -0.25) is 0 Å². The van der Waals surface area contributed by atoms with Crippen molar-refractivity contribution in [2.24, 2.45) is 5.18 Å². The van der Waals surface area contributed by atoms with Crippen LogP contribution < -0.4 is 0 Å². The molecule has 0 saturated carbocycles. The van der Waals surface area contributed by atoms with E-state index in [1.807, 2.05) is 31.2 Å². The Hall–Kier alpha value is -2.28. The second kappa shape index (κ2) is 10.2. The zero-order chi connectivity index (χ0) is 19.8. The molecule has 0 heterocycles. The van der Waals surface area contributed by atoms with Crippen molar-refractivity contribution in [1.29, 1.82) is 0 Å². The van der Waals surface area contributed by atoms with Gasteiger partial charge in [0.25, 0.3) is 0 Å². The summed E-state index contributed by atoms with van der Waals surface area (Å²) >= 11 is 0. The Morgan fingerprint density at radius 3 is 1.89 bits per heavy atom. The van der Waals surface area contributed by atoms with Crippen LogP contribution in [0.25, 0.3) is 0 Å². The quantitative estimate of drug-likeness (QED) is 0.612. The van der Waals surface area contributed by atoms with E-state index in [2.05, 4.69) is 5.18 Å². The fourth-order valence-electron chi connectivity index (χ4n) is 3.33. The Balaban J connectivity index is 2.46. The van der Waals surface area contributed by atoms with Gasteiger partial charge in [-0.1, -0.05) is 31.5 Å². The number of aliphatic hydroxyl groups excluding tert-OH is 1. The number of ether oxygens (including phenoxy) is 2. The molecule has 146 valence electrons. The van der Waals surface area contributed by atoms with Crippen LogP contribution in [-0.2, 0) is 42.1 Å². The summed E-state index contributed by atoms with van der Waals surface area (Å²) in [5, 5.41) is 23.0. The molecule has 0 amide bonds. The lowest BCUT2D eigenvalue weighted by Gasteiger charge is -2.14. The number of aromatic hydroxyl groups is 1. The van der Waals surface area contributed by atoms with E-state index in [9.17, 15) is 15.1 Å². The third-order valence-corrected chi connectivity index (χ3v) is 4.44. The second-order valence-electron chi connectivity index (χ2n) is 6.57. The minimum absolute atomic E-state index is 0.170. The van der Waals surface area contributed by atoms with Gasteiger partial charge in [0.05, 0.1) is 19.8 Å². The van der Waals surface area contributed by atoms with E-state index in [1.54, 1.807) is 14.2 Å². The van der Waals surface area contributed by atoms with E-state index < -0.39 is 0 Å². The number of rotatable bonds is 10. The summed E-state index contributed by atoms with van der Waals surface area (Å²) in [6, 6.07) is 7.59. The number of benzene rings is 2. The predicted molar refractivity (Wildman–Crippen MR) is 104 cm³/mol. The number of methoxy groups -OCH3 is 2. The highest BCUT2D eigenvalue weighted by molar-refractivity contribution is 5.55. The molecule has 2 rings (SSSR count).